The monoisotopic (exact) mass is 587 g/mol. The largest absolute Gasteiger partial charge is 0.493 e. The zero-order valence-electron chi connectivity index (χ0n) is 22.1. The van der Waals surface area contributed by atoms with Crippen LogP contribution in [0.2, 0.25) is 0 Å². The smallest absolute Gasteiger partial charge is 0.490 e. The molecule has 1 amide bonds. The van der Waals surface area contributed by atoms with Gasteiger partial charge in [-0.1, -0.05) is 26.0 Å². The van der Waals surface area contributed by atoms with Crippen LogP contribution in [-0.4, -0.2) is 101 Å². The van der Waals surface area contributed by atoms with Crippen LogP contribution in [0.1, 0.15) is 47.2 Å². The van der Waals surface area contributed by atoms with Gasteiger partial charge in [0.2, 0.25) is 0 Å². The van der Waals surface area contributed by atoms with Crippen LogP contribution < -0.4 is 4.74 Å². The van der Waals surface area contributed by atoms with E-state index < -0.39 is 18.1 Å². The summed E-state index contributed by atoms with van der Waals surface area (Å²) in [5, 5.41) is 18.7. The van der Waals surface area contributed by atoms with Gasteiger partial charge in [-0.2, -0.15) is 13.2 Å². The molecular weight excluding hydrogens is 555 g/mol. The van der Waals surface area contributed by atoms with E-state index in [0.717, 1.165) is 36.6 Å². The van der Waals surface area contributed by atoms with Crippen molar-refractivity contribution < 1.29 is 47.2 Å². The highest BCUT2D eigenvalue weighted by atomic mass is 32.1. The molecule has 0 radical (unpaired) electrons. The van der Waals surface area contributed by atoms with Gasteiger partial charge in [-0.25, -0.2) is 9.78 Å². The van der Waals surface area contributed by atoms with E-state index in [4.69, 9.17) is 24.5 Å². The number of thiazole rings is 1. The molecule has 3 heterocycles. The molecule has 2 saturated heterocycles. The molecule has 40 heavy (non-hydrogen) atoms. The van der Waals surface area contributed by atoms with Gasteiger partial charge in [0.1, 0.15) is 17.0 Å². The van der Waals surface area contributed by atoms with Crippen molar-refractivity contribution >= 4 is 29.2 Å². The second-order valence-electron chi connectivity index (χ2n) is 9.89. The number of amides is 1. The second kappa shape index (κ2) is 13.4. The van der Waals surface area contributed by atoms with Gasteiger partial charge >= 0.3 is 18.1 Å². The molecule has 10 nitrogen and oxygen atoms in total. The zero-order valence-corrected chi connectivity index (χ0v) is 23.0. The van der Waals surface area contributed by atoms with Crippen molar-refractivity contribution in [3.8, 4) is 5.75 Å². The molecule has 0 aliphatic carbocycles. The number of benzene rings is 1. The number of carbonyl (C=O) groups excluding carboxylic acids is 1. The highest BCUT2D eigenvalue weighted by molar-refractivity contribution is 7.09. The van der Waals surface area contributed by atoms with Crippen molar-refractivity contribution in [1.82, 2.24) is 14.8 Å². The summed E-state index contributed by atoms with van der Waals surface area (Å²) in [4.78, 5) is 41.2. The number of morpholine rings is 1. The maximum Gasteiger partial charge on any atom is 0.490 e. The molecule has 4 rings (SSSR count). The minimum Gasteiger partial charge on any atom is -0.493 e. The first-order valence-corrected chi connectivity index (χ1v) is 13.5. The molecule has 1 aromatic heterocycles. The van der Waals surface area contributed by atoms with Crippen LogP contribution in [-0.2, 0) is 20.7 Å². The minimum atomic E-state index is -5.08. The molecule has 220 valence electrons. The molecule has 2 aliphatic heterocycles. The van der Waals surface area contributed by atoms with Crippen molar-refractivity contribution in [3.05, 3.63) is 45.9 Å². The van der Waals surface area contributed by atoms with Crippen LogP contribution >= 0.6 is 11.3 Å². The van der Waals surface area contributed by atoms with Crippen molar-refractivity contribution in [2.45, 2.75) is 44.4 Å². The molecule has 2 aromatic rings. The van der Waals surface area contributed by atoms with E-state index in [1.807, 2.05) is 28.5 Å². The highest BCUT2D eigenvalue weighted by Crippen LogP contribution is 2.30. The number of nitrogens with zero attached hydrogens (tertiary/aromatic N) is 3. The van der Waals surface area contributed by atoms with Crippen molar-refractivity contribution in [1.29, 1.82) is 0 Å². The molecule has 14 heteroatoms. The summed E-state index contributed by atoms with van der Waals surface area (Å²) < 4.78 is 43.4. The first-order valence-electron chi connectivity index (χ1n) is 12.6. The number of halogens is 3. The lowest BCUT2D eigenvalue weighted by Crippen LogP contribution is -2.70. The summed E-state index contributed by atoms with van der Waals surface area (Å²) in [7, 11) is 0. The Morgan fingerprint density at radius 1 is 1.20 bits per heavy atom. The number of likely N-dealkylation sites (tertiary alicyclic amines) is 1. The second-order valence-corrected chi connectivity index (χ2v) is 10.8. The lowest BCUT2D eigenvalue weighted by Gasteiger charge is -2.54. The average Bonchev–Trinajstić information content (AvgIpc) is 3.37. The number of alkyl halides is 3. The molecule has 0 unspecified atom stereocenters. The summed E-state index contributed by atoms with van der Waals surface area (Å²) in [6.07, 6.45) is -4.23. The first-order chi connectivity index (χ1) is 18.8. The third-order valence-corrected chi connectivity index (χ3v) is 7.38. The van der Waals surface area contributed by atoms with Crippen LogP contribution in [0.4, 0.5) is 13.2 Å². The fraction of sp³-hybridized carbons (Fsp3) is 0.538. The summed E-state index contributed by atoms with van der Waals surface area (Å²) in [5.74, 6) is -2.60. The van der Waals surface area contributed by atoms with Crippen LogP contribution in [0.3, 0.4) is 0 Å². The number of carbonyl (C=O) groups is 3. The van der Waals surface area contributed by atoms with Gasteiger partial charge < -0.3 is 24.6 Å². The lowest BCUT2D eigenvalue weighted by molar-refractivity contribution is -0.192. The van der Waals surface area contributed by atoms with E-state index in [0.29, 0.717) is 37.1 Å². The summed E-state index contributed by atoms with van der Waals surface area (Å²) in [5.41, 5.74) is 1.41. The van der Waals surface area contributed by atoms with Crippen molar-refractivity contribution in [2.75, 3.05) is 45.9 Å². The maximum atomic E-state index is 13.0. The Kier molecular flexibility index (Phi) is 10.5. The Morgan fingerprint density at radius 2 is 1.90 bits per heavy atom. The molecular formula is C26H32F3N3O7S. The molecule has 2 N–H and O–H groups in total. The van der Waals surface area contributed by atoms with Crippen molar-refractivity contribution in [3.63, 3.8) is 0 Å². The topological polar surface area (TPSA) is 130 Å². The highest BCUT2D eigenvalue weighted by Gasteiger charge is 2.48. The number of carboxylic acids is 2. The first kappa shape index (κ1) is 31.3. The zero-order chi connectivity index (χ0) is 29.5. The predicted molar refractivity (Wildman–Crippen MR) is 139 cm³/mol. The number of aromatic nitrogens is 1. The quantitative estimate of drug-likeness (QED) is 0.453. The normalized spacial score (nSPS) is 16.7. The fourth-order valence-corrected chi connectivity index (χ4v) is 5.09. The van der Waals surface area contributed by atoms with Gasteiger partial charge in [-0.05, 0) is 24.1 Å². The fourth-order valence-electron chi connectivity index (χ4n) is 4.28. The molecule has 0 saturated carbocycles. The van der Waals surface area contributed by atoms with E-state index in [9.17, 15) is 22.8 Å². The van der Waals surface area contributed by atoms with E-state index >= 15 is 0 Å². The third kappa shape index (κ3) is 8.89. The summed E-state index contributed by atoms with van der Waals surface area (Å²) in [6, 6.07) is 7.79. The Hall–Kier alpha value is -3.23. The van der Waals surface area contributed by atoms with Gasteiger partial charge in [0, 0.05) is 37.5 Å². The number of aliphatic carboxylic acids is 2. The van der Waals surface area contributed by atoms with Crippen LogP contribution in [0.15, 0.2) is 29.6 Å². The van der Waals surface area contributed by atoms with E-state index in [1.165, 1.54) is 0 Å². The number of carboxylic acid groups (broad SMARTS) is 2. The molecule has 1 spiro atoms. The third-order valence-electron chi connectivity index (χ3n) is 6.24. The molecule has 1 aromatic carbocycles. The number of ether oxygens (including phenoxy) is 2. The van der Waals surface area contributed by atoms with Crippen LogP contribution in [0.5, 0.6) is 5.75 Å². The van der Waals surface area contributed by atoms with E-state index in [1.54, 1.807) is 11.3 Å². The van der Waals surface area contributed by atoms with E-state index in [-0.39, 0.29) is 24.5 Å². The van der Waals surface area contributed by atoms with E-state index in [2.05, 4.69) is 29.8 Å². The maximum absolute atomic E-state index is 13.0. The Balaban J connectivity index is 0.000000559. The van der Waals surface area contributed by atoms with Gasteiger partial charge in [0.05, 0.1) is 31.2 Å². The van der Waals surface area contributed by atoms with Gasteiger partial charge in [-0.3, -0.25) is 14.5 Å². The van der Waals surface area contributed by atoms with Crippen LogP contribution in [0, 0.1) is 0 Å². The summed E-state index contributed by atoms with van der Waals surface area (Å²) in [6.45, 7) is 8.59. The van der Waals surface area contributed by atoms with Gasteiger partial charge in [0.15, 0.2) is 0 Å². The average molecular weight is 588 g/mol. The van der Waals surface area contributed by atoms with Crippen molar-refractivity contribution in [2.24, 2.45) is 0 Å². The Morgan fingerprint density at radius 3 is 2.50 bits per heavy atom. The standard InChI is InChI=1S/C24H31N3O5S.C2HF3O2/c1-17(2)22-25-20(13-33-22)23(30)27-9-11-32-24(16-27)14-26(15-24)8-6-18-4-3-5-19(12-18)31-10-7-21(28)29;3-2(4,5)1(6)7/h3-5,12-13,17H,6-11,14-16H2,1-2H3,(H,28,29);(H,6,7). The van der Waals surface area contributed by atoms with Gasteiger partial charge in [0.25, 0.3) is 5.91 Å². The summed E-state index contributed by atoms with van der Waals surface area (Å²) >= 11 is 1.55. The lowest BCUT2D eigenvalue weighted by atomic mass is 9.91. The molecule has 0 atom stereocenters. The molecule has 0 bridgehead atoms. The minimum absolute atomic E-state index is 0.000937. The number of hydrogen-bond acceptors (Lipinski definition) is 8. The van der Waals surface area contributed by atoms with Crippen LogP contribution in [0.25, 0.3) is 0 Å². The van der Waals surface area contributed by atoms with Gasteiger partial charge in [-0.15, -0.1) is 11.3 Å². The Bertz CT molecular complexity index is 1180. The predicted octanol–water partition coefficient (Wildman–Crippen LogP) is 3.52. The molecule has 2 aliphatic rings. The number of hydrogen-bond donors (Lipinski definition) is 2. The number of rotatable bonds is 9. The molecule has 2 fully saturated rings. The Labute approximate surface area is 233 Å². The SMILES string of the molecule is CC(C)c1nc(C(=O)N2CCOC3(CN(CCc4cccc(OCCC(=O)O)c4)C3)C2)cs1.O=C(O)C(F)(F)F.